The second-order valence-corrected chi connectivity index (χ2v) is 11.6. The van der Waals surface area contributed by atoms with Crippen molar-refractivity contribution in [3.8, 4) is 0 Å². The van der Waals surface area contributed by atoms with Crippen molar-refractivity contribution in [1.29, 1.82) is 0 Å². The normalized spacial score (nSPS) is 20.0. The van der Waals surface area contributed by atoms with Crippen LogP contribution in [0.3, 0.4) is 0 Å². The van der Waals surface area contributed by atoms with E-state index in [-0.39, 0.29) is 30.2 Å². The van der Waals surface area contributed by atoms with Gasteiger partial charge in [-0.25, -0.2) is 12.7 Å². The van der Waals surface area contributed by atoms with Gasteiger partial charge in [0.15, 0.2) is 0 Å². The summed E-state index contributed by atoms with van der Waals surface area (Å²) < 4.78 is 27.5. The molecule has 1 fully saturated rings. The highest BCUT2D eigenvalue weighted by Crippen LogP contribution is 2.28. The smallest absolute Gasteiger partial charge is 0.224 e. The average molecular weight is 495 g/mol. The van der Waals surface area contributed by atoms with Gasteiger partial charge in [0, 0.05) is 23.1 Å². The Morgan fingerprint density at radius 1 is 1.12 bits per heavy atom. The maximum Gasteiger partial charge on any atom is 0.224 e. The molecule has 1 aliphatic carbocycles. The van der Waals surface area contributed by atoms with Crippen LogP contribution in [0.15, 0.2) is 36.4 Å². The van der Waals surface area contributed by atoms with Gasteiger partial charge in [-0.15, -0.1) is 0 Å². The van der Waals surface area contributed by atoms with E-state index in [0.717, 1.165) is 18.4 Å². The summed E-state index contributed by atoms with van der Waals surface area (Å²) in [7, 11) is -3.60. The molecule has 0 bridgehead atoms. The summed E-state index contributed by atoms with van der Waals surface area (Å²) in [4.78, 5) is 13.0. The molecule has 1 N–H and O–H groups in total. The lowest BCUT2D eigenvalue weighted by atomic mass is 9.97. The zero-order valence-electron chi connectivity index (χ0n) is 18.1. The van der Waals surface area contributed by atoms with Gasteiger partial charge in [-0.1, -0.05) is 47.5 Å². The number of halogens is 2. The van der Waals surface area contributed by atoms with E-state index in [2.05, 4.69) is 23.5 Å². The summed E-state index contributed by atoms with van der Waals surface area (Å²) in [5.74, 6) is -0.665. The molecule has 172 valence electrons. The van der Waals surface area contributed by atoms with Crippen molar-refractivity contribution >= 4 is 39.1 Å². The van der Waals surface area contributed by atoms with Crippen molar-refractivity contribution in [3.63, 3.8) is 0 Å². The minimum atomic E-state index is -3.60. The lowest BCUT2D eigenvalue weighted by Crippen LogP contribution is -2.46. The molecule has 0 saturated carbocycles. The summed E-state index contributed by atoms with van der Waals surface area (Å²) >= 11 is 12.1. The van der Waals surface area contributed by atoms with Gasteiger partial charge in [0.25, 0.3) is 0 Å². The van der Waals surface area contributed by atoms with E-state index in [0.29, 0.717) is 35.0 Å². The molecule has 8 heteroatoms. The first-order valence-electron chi connectivity index (χ1n) is 11.1. The van der Waals surface area contributed by atoms with E-state index in [4.69, 9.17) is 23.2 Å². The maximum atomic E-state index is 13.0. The molecule has 1 amide bonds. The molecule has 4 rings (SSSR count). The molecule has 1 aliphatic heterocycles. The number of nitrogens with zero attached hydrogens (tertiary/aromatic N) is 1. The molecule has 2 aliphatic rings. The van der Waals surface area contributed by atoms with Crippen LogP contribution in [0.5, 0.6) is 0 Å². The lowest BCUT2D eigenvalue weighted by molar-refractivity contribution is -0.126. The number of rotatable bonds is 6. The predicted molar refractivity (Wildman–Crippen MR) is 128 cm³/mol. The number of hydrogen-bond acceptors (Lipinski definition) is 3. The van der Waals surface area contributed by atoms with E-state index in [1.54, 1.807) is 18.2 Å². The lowest BCUT2D eigenvalue weighted by Gasteiger charge is -2.32. The van der Waals surface area contributed by atoms with Crippen LogP contribution in [-0.4, -0.2) is 31.7 Å². The molecule has 0 radical (unpaired) electrons. The van der Waals surface area contributed by atoms with E-state index in [9.17, 15) is 13.2 Å². The zero-order valence-corrected chi connectivity index (χ0v) is 20.4. The maximum absolute atomic E-state index is 13.0. The summed E-state index contributed by atoms with van der Waals surface area (Å²) in [5, 5.41) is 3.89. The highest BCUT2D eigenvalue weighted by Gasteiger charge is 2.33. The third-order valence-corrected chi connectivity index (χ3v) is 8.86. The van der Waals surface area contributed by atoms with Crippen LogP contribution >= 0.6 is 23.2 Å². The zero-order chi connectivity index (χ0) is 22.9. The standard InChI is InChI=1S/C24H28Cl2N2O3S/c1-16(18-8-7-17-4-2-5-19(17)12-18)27-24(29)20-6-3-11-28(14-20)32(30,31)15-21-9-10-22(25)13-23(21)26/h7-10,12-13,16,20H,2-6,11,14-15H2,1H3,(H,27,29)/t16-,20-/m0/s1. The van der Waals surface area contributed by atoms with Crippen LogP contribution in [0.4, 0.5) is 0 Å². The minimum Gasteiger partial charge on any atom is -0.349 e. The van der Waals surface area contributed by atoms with Crippen molar-refractivity contribution in [2.75, 3.05) is 13.1 Å². The molecule has 2 aromatic rings. The van der Waals surface area contributed by atoms with Crippen molar-refractivity contribution in [2.24, 2.45) is 5.92 Å². The second kappa shape index (κ2) is 9.72. The van der Waals surface area contributed by atoms with Gasteiger partial charge in [-0.2, -0.15) is 0 Å². The highest BCUT2D eigenvalue weighted by molar-refractivity contribution is 7.88. The number of nitrogens with one attached hydrogen (secondary N) is 1. The molecule has 32 heavy (non-hydrogen) atoms. The fourth-order valence-corrected chi connectivity index (χ4v) is 6.81. The molecule has 5 nitrogen and oxygen atoms in total. The Labute approximate surface area is 200 Å². The molecule has 2 atom stereocenters. The number of fused-ring (bicyclic) bond motifs is 1. The Morgan fingerprint density at radius 2 is 1.91 bits per heavy atom. The van der Waals surface area contributed by atoms with E-state index >= 15 is 0 Å². The molecule has 1 heterocycles. The van der Waals surface area contributed by atoms with Gasteiger partial charge in [0.1, 0.15) is 0 Å². The summed E-state index contributed by atoms with van der Waals surface area (Å²) in [6, 6.07) is 11.1. The fourth-order valence-electron chi connectivity index (χ4n) is 4.61. The van der Waals surface area contributed by atoms with E-state index < -0.39 is 10.0 Å². The van der Waals surface area contributed by atoms with Crippen molar-refractivity contribution in [1.82, 2.24) is 9.62 Å². The number of carbonyl (C=O) groups excluding carboxylic acids is 1. The van der Waals surface area contributed by atoms with Crippen LogP contribution in [0, 0.1) is 5.92 Å². The van der Waals surface area contributed by atoms with Crippen molar-refractivity contribution in [2.45, 2.75) is 50.8 Å². The van der Waals surface area contributed by atoms with Gasteiger partial charge in [0.05, 0.1) is 17.7 Å². The van der Waals surface area contributed by atoms with Crippen molar-refractivity contribution in [3.05, 3.63) is 68.7 Å². The molecule has 0 unspecified atom stereocenters. The number of piperidine rings is 1. The van der Waals surface area contributed by atoms with Gasteiger partial charge in [-0.05, 0) is 73.4 Å². The third-order valence-electron chi connectivity index (χ3n) is 6.48. The molecule has 0 spiro atoms. The monoisotopic (exact) mass is 494 g/mol. The Balaban J connectivity index is 1.39. The highest BCUT2D eigenvalue weighted by atomic mass is 35.5. The van der Waals surface area contributed by atoms with Crippen molar-refractivity contribution < 1.29 is 13.2 Å². The molecule has 1 saturated heterocycles. The summed E-state index contributed by atoms with van der Waals surface area (Å²) in [6.45, 7) is 2.59. The van der Waals surface area contributed by atoms with Gasteiger partial charge in [-0.3, -0.25) is 4.79 Å². The molecular weight excluding hydrogens is 467 g/mol. The van der Waals surface area contributed by atoms with Gasteiger partial charge < -0.3 is 5.32 Å². The molecule has 0 aromatic heterocycles. The number of benzene rings is 2. The number of amides is 1. The summed E-state index contributed by atoms with van der Waals surface area (Å²) in [6.07, 6.45) is 4.74. The third kappa shape index (κ3) is 5.30. The number of aryl methyl sites for hydroxylation is 2. The first-order chi connectivity index (χ1) is 15.2. The number of sulfonamides is 1. The number of carbonyl (C=O) groups is 1. The quantitative estimate of drug-likeness (QED) is 0.620. The Bertz CT molecular complexity index is 1120. The average Bonchev–Trinajstić information content (AvgIpc) is 3.23. The summed E-state index contributed by atoms with van der Waals surface area (Å²) in [5.41, 5.74) is 4.38. The topological polar surface area (TPSA) is 66.5 Å². The minimum absolute atomic E-state index is 0.0950. The fraction of sp³-hybridized carbons (Fsp3) is 0.458. The van der Waals surface area contributed by atoms with Gasteiger partial charge in [0.2, 0.25) is 15.9 Å². The van der Waals surface area contributed by atoms with Crippen LogP contribution in [0.2, 0.25) is 10.0 Å². The Morgan fingerprint density at radius 3 is 2.69 bits per heavy atom. The SMILES string of the molecule is C[C@H](NC(=O)[C@H]1CCCN(S(=O)(=O)Cc2ccc(Cl)cc2Cl)C1)c1ccc2c(c1)CCC2. The van der Waals surface area contributed by atoms with Crippen LogP contribution in [0.25, 0.3) is 0 Å². The Kier molecular flexibility index (Phi) is 7.15. The second-order valence-electron chi connectivity index (χ2n) is 8.80. The molecule has 2 aromatic carbocycles. The number of hydrogen-bond donors (Lipinski definition) is 1. The van der Waals surface area contributed by atoms with E-state index in [1.807, 2.05) is 6.92 Å². The van der Waals surface area contributed by atoms with Crippen LogP contribution in [-0.2, 0) is 33.4 Å². The largest absolute Gasteiger partial charge is 0.349 e. The van der Waals surface area contributed by atoms with Crippen LogP contribution in [0.1, 0.15) is 54.5 Å². The molecular formula is C24H28Cl2N2O3S. The van der Waals surface area contributed by atoms with E-state index in [1.165, 1.54) is 21.9 Å². The first-order valence-corrected chi connectivity index (χ1v) is 13.4. The Hall–Kier alpha value is -1.60. The van der Waals surface area contributed by atoms with Crippen LogP contribution < -0.4 is 5.32 Å². The first kappa shape index (κ1) is 23.6. The predicted octanol–water partition coefficient (Wildman–Crippen LogP) is 4.90. The van der Waals surface area contributed by atoms with Gasteiger partial charge >= 0.3 is 0 Å².